The molecule has 1 atom stereocenters. The third-order valence-electron chi connectivity index (χ3n) is 13.6. The molecule has 0 spiro atoms. The van der Waals surface area contributed by atoms with Crippen molar-refractivity contribution >= 4 is 11.9 Å². The molecule has 0 rings (SSSR count). The number of carbonyl (C=O) groups is 2. The van der Waals surface area contributed by atoms with Gasteiger partial charge in [-0.3, -0.25) is 9.59 Å². The molecule has 1 unspecified atom stereocenters. The van der Waals surface area contributed by atoms with E-state index in [1.165, 1.54) is 199 Å². The van der Waals surface area contributed by atoms with Gasteiger partial charge in [0.05, 0.1) is 6.61 Å². The van der Waals surface area contributed by atoms with Crippen LogP contribution in [0.15, 0.2) is 60.8 Å². The first-order chi connectivity index (χ1) is 34.6. The number of allylic oxidation sites excluding steroid dienone is 10. The number of ether oxygens (including phenoxy) is 3. The summed E-state index contributed by atoms with van der Waals surface area (Å²) in [5.41, 5.74) is 0. The van der Waals surface area contributed by atoms with E-state index in [0.29, 0.717) is 19.4 Å². The van der Waals surface area contributed by atoms with Crippen molar-refractivity contribution in [1.29, 1.82) is 0 Å². The first kappa shape index (κ1) is 67.6. The number of hydrogen-bond donors (Lipinski definition) is 0. The van der Waals surface area contributed by atoms with Gasteiger partial charge in [0.15, 0.2) is 6.10 Å². The van der Waals surface area contributed by atoms with E-state index in [1.807, 2.05) is 0 Å². The predicted molar refractivity (Wildman–Crippen MR) is 307 cm³/mol. The Kier molecular flexibility index (Phi) is 58.8. The van der Waals surface area contributed by atoms with Gasteiger partial charge in [0.2, 0.25) is 0 Å². The van der Waals surface area contributed by atoms with Gasteiger partial charge in [-0.25, -0.2) is 0 Å². The molecule has 408 valence electrons. The average Bonchev–Trinajstić information content (AvgIpc) is 3.36. The minimum atomic E-state index is -0.548. The van der Waals surface area contributed by atoms with Crippen LogP contribution in [0.1, 0.15) is 316 Å². The molecule has 0 aliphatic carbocycles. The summed E-state index contributed by atoms with van der Waals surface area (Å²) in [4.78, 5) is 25.6. The Balaban J connectivity index is 4.29. The van der Waals surface area contributed by atoms with Crippen molar-refractivity contribution in [3.05, 3.63) is 60.8 Å². The molecule has 0 radical (unpaired) electrons. The second kappa shape index (κ2) is 60.9. The molecule has 5 nitrogen and oxygen atoms in total. The first-order valence-corrected chi connectivity index (χ1v) is 30.8. The zero-order chi connectivity index (χ0) is 50.6. The van der Waals surface area contributed by atoms with Crippen molar-refractivity contribution in [2.75, 3.05) is 19.8 Å². The van der Waals surface area contributed by atoms with Crippen molar-refractivity contribution in [2.24, 2.45) is 0 Å². The molecule has 0 amide bonds. The molecule has 0 N–H and O–H groups in total. The molecule has 0 aliphatic heterocycles. The Morgan fingerprint density at radius 2 is 0.643 bits per heavy atom. The van der Waals surface area contributed by atoms with E-state index in [4.69, 9.17) is 14.2 Å². The van der Waals surface area contributed by atoms with Gasteiger partial charge in [-0.2, -0.15) is 0 Å². The van der Waals surface area contributed by atoms with Gasteiger partial charge in [-0.1, -0.05) is 300 Å². The number of rotatable bonds is 57. The quantitative estimate of drug-likeness (QED) is 0.0345. The lowest BCUT2D eigenvalue weighted by atomic mass is 10.0. The van der Waals surface area contributed by atoms with Gasteiger partial charge in [-0.05, 0) is 64.2 Å². The van der Waals surface area contributed by atoms with E-state index in [0.717, 1.165) is 83.5 Å². The molecular formula is C65H118O5. The molecule has 0 saturated heterocycles. The van der Waals surface area contributed by atoms with E-state index in [9.17, 15) is 9.59 Å². The minimum absolute atomic E-state index is 0.0722. The van der Waals surface area contributed by atoms with Crippen molar-refractivity contribution < 1.29 is 23.8 Å². The van der Waals surface area contributed by atoms with Crippen LogP contribution in [-0.2, 0) is 23.8 Å². The Bertz CT molecular complexity index is 1200. The normalized spacial score (nSPS) is 12.6. The maximum absolute atomic E-state index is 12.9. The zero-order valence-electron chi connectivity index (χ0n) is 47.0. The van der Waals surface area contributed by atoms with Gasteiger partial charge >= 0.3 is 11.9 Å². The maximum atomic E-state index is 12.9. The third kappa shape index (κ3) is 58.2. The second-order valence-electron chi connectivity index (χ2n) is 20.6. The Morgan fingerprint density at radius 3 is 1.03 bits per heavy atom. The zero-order valence-corrected chi connectivity index (χ0v) is 47.0. The van der Waals surface area contributed by atoms with Crippen molar-refractivity contribution in [2.45, 2.75) is 322 Å². The summed E-state index contributed by atoms with van der Waals surface area (Å²) in [7, 11) is 0. The summed E-state index contributed by atoms with van der Waals surface area (Å²) in [6.07, 6.45) is 78.2. The molecule has 70 heavy (non-hydrogen) atoms. The molecule has 0 heterocycles. The van der Waals surface area contributed by atoms with Gasteiger partial charge in [0.25, 0.3) is 0 Å². The van der Waals surface area contributed by atoms with Crippen LogP contribution in [-0.4, -0.2) is 37.9 Å². The molecule has 0 bridgehead atoms. The van der Waals surface area contributed by atoms with E-state index in [2.05, 4.69) is 81.5 Å². The van der Waals surface area contributed by atoms with Crippen LogP contribution in [0.4, 0.5) is 0 Å². The van der Waals surface area contributed by atoms with E-state index in [-0.39, 0.29) is 25.2 Å². The molecule has 0 fully saturated rings. The van der Waals surface area contributed by atoms with E-state index >= 15 is 0 Å². The highest BCUT2D eigenvalue weighted by Crippen LogP contribution is 2.17. The third-order valence-corrected chi connectivity index (χ3v) is 13.6. The molecule has 0 aliphatic rings. The lowest BCUT2D eigenvalue weighted by Crippen LogP contribution is -2.30. The Labute approximate surface area is 436 Å². The Hall–Kier alpha value is -2.40. The maximum Gasteiger partial charge on any atom is 0.306 e. The van der Waals surface area contributed by atoms with Gasteiger partial charge in [-0.15, -0.1) is 0 Å². The lowest BCUT2D eigenvalue weighted by Gasteiger charge is -2.18. The fraction of sp³-hybridized carbons (Fsp3) is 0.815. The summed E-state index contributed by atoms with van der Waals surface area (Å²) in [6.45, 7) is 7.75. The highest BCUT2D eigenvalue weighted by molar-refractivity contribution is 5.70. The topological polar surface area (TPSA) is 61.8 Å². The minimum Gasteiger partial charge on any atom is -0.462 e. The highest BCUT2D eigenvalue weighted by Gasteiger charge is 2.17. The summed E-state index contributed by atoms with van der Waals surface area (Å²) in [5.74, 6) is -0.415. The first-order valence-electron chi connectivity index (χ1n) is 30.8. The van der Waals surface area contributed by atoms with Crippen LogP contribution in [0, 0.1) is 0 Å². The lowest BCUT2D eigenvalue weighted by molar-refractivity contribution is -0.163. The van der Waals surface area contributed by atoms with E-state index in [1.54, 1.807) is 0 Å². The molecule has 0 aromatic carbocycles. The van der Waals surface area contributed by atoms with E-state index < -0.39 is 6.10 Å². The molecule has 0 saturated carbocycles. The van der Waals surface area contributed by atoms with Crippen molar-refractivity contribution in [1.82, 2.24) is 0 Å². The number of esters is 2. The summed E-state index contributed by atoms with van der Waals surface area (Å²) < 4.78 is 17.5. The summed E-state index contributed by atoms with van der Waals surface area (Å²) in [5, 5.41) is 0. The van der Waals surface area contributed by atoms with Gasteiger partial charge < -0.3 is 14.2 Å². The van der Waals surface area contributed by atoms with Crippen LogP contribution in [0.5, 0.6) is 0 Å². The largest absolute Gasteiger partial charge is 0.462 e. The van der Waals surface area contributed by atoms with Crippen LogP contribution in [0.25, 0.3) is 0 Å². The fourth-order valence-corrected chi connectivity index (χ4v) is 9.01. The van der Waals surface area contributed by atoms with Crippen LogP contribution >= 0.6 is 0 Å². The van der Waals surface area contributed by atoms with Gasteiger partial charge in [0, 0.05) is 19.4 Å². The van der Waals surface area contributed by atoms with Crippen LogP contribution in [0.2, 0.25) is 0 Å². The summed E-state index contributed by atoms with van der Waals surface area (Å²) >= 11 is 0. The molecule has 0 aromatic rings. The number of hydrogen-bond acceptors (Lipinski definition) is 5. The predicted octanol–water partition coefficient (Wildman–Crippen LogP) is 21.2. The molecular weight excluding hydrogens is 861 g/mol. The molecule has 0 aromatic heterocycles. The smallest absolute Gasteiger partial charge is 0.306 e. The average molecular weight is 980 g/mol. The van der Waals surface area contributed by atoms with Gasteiger partial charge in [0.1, 0.15) is 6.61 Å². The summed E-state index contributed by atoms with van der Waals surface area (Å²) in [6, 6.07) is 0. The highest BCUT2D eigenvalue weighted by atomic mass is 16.6. The monoisotopic (exact) mass is 979 g/mol. The van der Waals surface area contributed by atoms with Crippen molar-refractivity contribution in [3.8, 4) is 0 Å². The number of unbranched alkanes of at least 4 members (excludes halogenated alkanes) is 36. The van der Waals surface area contributed by atoms with Crippen LogP contribution < -0.4 is 0 Å². The number of carbonyl (C=O) groups excluding carboxylic acids is 2. The Morgan fingerprint density at radius 1 is 0.329 bits per heavy atom. The SMILES string of the molecule is CC/C=C\C/C=C\C/C=C\C/C=C\C/C=C\CCCCCC(=O)OCC(COCCCCCCCCCCCCCCCCCC)OC(=O)CCCCCCCCCCCCCCCCCCCCC. The molecule has 5 heteroatoms. The second-order valence-corrected chi connectivity index (χ2v) is 20.6. The fourth-order valence-electron chi connectivity index (χ4n) is 9.01. The van der Waals surface area contributed by atoms with Crippen LogP contribution in [0.3, 0.4) is 0 Å². The van der Waals surface area contributed by atoms with Crippen molar-refractivity contribution in [3.63, 3.8) is 0 Å². The standard InChI is InChI=1S/C65H118O5/c1-4-7-10-13-16-19-22-25-28-31-33-35-37-40-43-46-49-52-55-58-64(66)69-62-63(61-68-60-57-54-51-48-45-42-39-30-27-24-21-18-15-12-9-6-3)70-65(67)59-56-53-50-47-44-41-38-36-34-32-29-26-23-20-17-14-11-8-5-2/h7,10,16,19,25,28,33,35,40,43,63H,4-6,8-9,11-15,17-18,20-24,26-27,29-32,34,36-39,41-42,44-62H2,1-3H3/b10-7-,19-16-,28-25-,35-33-,43-40-.